The molecule has 0 atom stereocenters. The van der Waals surface area contributed by atoms with Crippen LogP contribution in [0, 0.1) is 23.8 Å². The SMILES string of the molecule is Fc1ccc(N2C(=C3N(c4ccc(F)nc4)c4ccccc4N3c3ccc(F)nc3)N(c3ccc(F)nc3)c3ccccc32)cn1. The molecule has 0 saturated heterocycles. The molecule has 0 N–H and O–H groups in total. The maximum absolute atomic E-state index is 14.2. The topological polar surface area (TPSA) is 64.5 Å². The fourth-order valence-corrected chi connectivity index (χ4v) is 5.79. The first-order valence-corrected chi connectivity index (χ1v) is 14.1. The first-order chi connectivity index (χ1) is 22.5. The molecular formula is C34H20F4N8. The number of nitrogens with zero attached hydrogens (tertiary/aromatic N) is 8. The number of para-hydroxylation sites is 4. The molecule has 6 heterocycles. The molecule has 12 heteroatoms. The molecule has 0 spiro atoms. The quantitative estimate of drug-likeness (QED) is 0.145. The van der Waals surface area contributed by atoms with Crippen LogP contribution in [0.2, 0.25) is 0 Å². The van der Waals surface area contributed by atoms with Gasteiger partial charge in [0, 0.05) is 0 Å². The predicted molar refractivity (Wildman–Crippen MR) is 165 cm³/mol. The molecular weight excluding hydrogens is 596 g/mol. The highest BCUT2D eigenvalue weighted by Gasteiger charge is 2.44. The van der Waals surface area contributed by atoms with Gasteiger partial charge in [-0.2, -0.15) is 17.6 Å². The molecule has 0 radical (unpaired) electrons. The lowest BCUT2D eigenvalue weighted by Crippen LogP contribution is -2.33. The molecule has 4 aromatic heterocycles. The highest BCUT2D eigenvalue weighted by molar-refractivity contribution is 5.99. The minimum atomic E-state index is -0.656. The number of anilines is 8. The fraction of sp³-hybridized carbons (Fsp3) is 0. The van der Waals surface area contributed by atoms with E-state index in [9.17, 15) is 17.6 Å². The van der Waals surface area contributed by atoms with Crippen LogP contribution in [-0.2, 0) is 0 Å². The van der Waals surface area contributed by atoms with E-state index < -0.39 is 23.8 Å². The summed E-state index contributed by atoms with van der Waals surface area (Å²) < 4.78 is 56.7. The maximum atomic E-state index is 14.2. The number of hydrogen-bond donors (Lipinski definition) is 0. The number of hydrogen-bond acceptors (Lipinski definition) is 8. The van der Waals surface area contributed by atoms with Crippen molar-refractivity contribution in [2.45, 2.75) is 0 Å². The normalized spacial score (nSPS) is 13.8. The maximum Gasteiger partial charge on any atom is 0.212 e. The summed E-state index contributed by atoms with van der Waals surface area (Å²) in [7, 11) is 0. The van der Waals surface area contributed by atoms with E-state index in [4.69, 9.17) is 0 Å². The molecule has 8 nitrogen and oxygen atoms in total. The number of rotatable bonds is 4. The van der Waals surface area contributed by atoms with Crippen LogP contribution in [-0.4, -0.2) is 19.9 Å². The molecule has 224 valence electrons. The van der Waals surface area contributed by atoms with Crippen LogP contribution < -0.4 is 19.6 Å². The van der Waals surface area contributed by atoms with Gasteiger partial charge in [-0.25, -0.2) is 19.9 Å². The Hall–Kier alpha value is -6.30. The van der Waals surface area contributed by atoms with E-state index in [1.54, 1.807) is 24.3 Å². The number of halogens is 4. The van der Waals surface area contributed by atoms with Crippen LogP contribution in [0.25, 0.3) is 0 Å². The zero-order chi connectivity index (χ0) is 31.4. The highest BCUT2D eigenvalue weighted by atomic mass is 19.1. The Bertz CT molecular complexity index is 1800. The van der Waals surface area contributed by atoms with Gasteiger partial charge in [0.2, 0.25) is 23.8 Å². The Morgan fingerprint density at radius 1 is 0.326 bits per heavy atom. The zero-order valence-electron chi connectivity index (χ0n) is 23.6. The lowest BCUT2D eigenvalue weighted by molar-refractivity contribution is 0.583. The summed E-state index contributed by atoms with van der Waals surface area (Å²) in [5.74, 6) is -1.64. The van der Waals surface area contributed by atoms with Crippen LogP contribution in [0.3, 0.4) is 0 Å². The third-order valence-electron chi connectivity index (χ3n) is 7.65. The number of aromatic nitrogens is 4. The van der Waals surface area contributed by atoms with Gasteiger partial charge in [0.25, 0.3) is 0 Å². The Kier molecular flexibility index (Phi) is 6.34. The van der Waals surface area contributed by atoms with Crippen molar-refractivity contribution in [3.63, 3.8) is 0 Å². The second-order valence-corrected chi connectivity index (χ2v) is 10.3. The van der Waals surface area contributed by atoms with Crippen LogP contribution in [0.5, 0.6) is 0 Å². The molecule has 6 aromatic rings. The van der Waals surface area contributed by atoms with E-state index in [-0.39, 0.29) is 0 Å². The molecule has 0 saturated carbocycles. The lowest BCUT2D eigenvalue weighted by Gasteiger charge is -2.33. The van der Waals surface area contributed by atoms with Gasteiger partial charge in [0.05, 0.1) is 70.3 Å². The Balaban J connectivity index is 1.52. The fourth-order valence-electron chi connectivity index (χ4n) is 5.79. The second kappa shape index (κ2) is 10.7. The van der Waals surface area contributed by atoms with Crippen LogP contribution in [0.4, 0.5) is 63.1 Å². The largest absolute Gasteiger partial charge is 0.289 e. The molecule has 0 aliphatic carbocycles. The zero-order valence-corrected chi connectivity index (χ0v) is 23.6. The summed E-state index contributed by atoms with van der Waals surface area (Å²) in [4.78, 5) is 23.3. The molecule has 0 fully saturated rings. The lowest BCUT2D eigenvalue weighted by atomic mass is 10.2. The third-order valence-corrected chi connectivity index (χ3v) is 7.65. The Labute approximate surface area is 259 Å². The van der Waals surface area contributed by atoms with Crippen molar-refractivity contribution in [1.29, 1.82) is 0 Å². The van der Waals surface area contributed by atoms with Gasteiger partial charge in [0.15, 0.2) is 11.6 Å². The van der Waals surface area contributed by atoms with E-state index in [0.717, 1.165) is 0 Å². The highest BCUT2D eigenvalue weighted by Crippen LogP contribution is 2.56. The minimum Gasteiger partial charge on any atom is -0.289 e. The molecule has 0 unspecified atom stereocenters. The summed E-state index contributed by atoms with van der Waals surface area (Å²) in [5, 5.41) is 0. The number of fused-ring (bicyclic) bond motifs is 2. The molecule has 2 aliphatic heterocycles. The van der Waals surface area contributed by atoms with Crippen molar-refractivity contribution in [3.8, 4) is 0 Å². The van der Waals surface area contributed by atoms with Gasteiger partial charge in [-0.1, -0.05) is 24.3 Å². The van der Waals surface area contributed by atoms with Crippen molar-refractivity contribution in [3.05, 3.63) is 157 Å². The molecule has 8 rings (SSSR count). The predicted octanol–water partition coefficient (Wildman–Crippen LogP) is 8.23. The van der Waals surface area contributed by atoms with Crippen LogP contribution in [0.15, 0.2) is 133 Å². The smallest absolute Gasteiger partial charge is 0.212 e. The molecule has 2 aliphatic rings. The first-order valence-electron chi connectivity index (χ1n) is 14.1. The third kappa shape index (κ3) is 4.38. The van der Waals surface area contributed by atoms with E-state index in [2.05, 4.69) is 19.9 Å². The van der Waals surface area contributed by atoms with Gasteiger partial charge in [-0.05, 0) is 72.8 Å². The van der Waals surface area contributed by atoms with E-state index >= 15 is 0 Å². The second-order valence-electron chi connectivity index (χ2n) is 10.3. The van der Waals surface area contributed by atoms with E-state index in [1.165, 1.54) is 49.1 Å². The number of pyridine rings is 4. The van der Waals surface area contributed by atoms with Gasteiger partial charge < -0.3 is 0 Å². The summed E-state index contributed by atoms with van der Waals surface area (Å²) in [6, 6.07) is 26.5. The van der Waals surface area contributed by atoms with Crippen molar-refractivity contribution in [1.82, 2.24) is 19.9 Å². The minimum absolute atomic E-state index is 0.493. The Morgan fingerprint density at radius 2 is 0.565 bits per heavy atom. The standard InChI is InChI=1S/C34H20F4N8/c35-29-13-9-21(17-39-29)43-25-5-1-2-6-26(25)44(22-10-14-30(36)40-18-22)33(43)34-45(23-11-15-31(37)41-19-23)27-7-3-4-8-28(27)46(34)24-12-16-32(38)42-20-24/h1-20H. The summed E-state index contributed by atoms with van der Waals surface area (Å²) in [5.41, 5.74) is 4.86. The average Bonchev–Trinajstić information content (AvgIpc) is 3.60. The van der Waals surface area contributed by atoms with Crippen molar-refractivity contribution < 1.29 is 17.6 Å². The molecule has 2 aromatic carbocycles. The van der Waals surface area contributed by atoms with E-state index in [1.807, 2.05) is 68.1 Å². The van der Waals surface area contributed by atoms with Gasteiger partial charge in [-0.15, -0.1) is 0 Å². The Morgan fingerprint density at radius 3 is 0.761 bits per heavy atom. The summed E-state index contributed by atoms with van der Waals surface area (Å²) in [6.45, 7) is 0. The van der Waals surface area contributed by atoms with Gasteiger partial charge in [-0.3, -0.25) is 19.6 Å². The molecule has 46 heavy (non-hydrogen) atoms. The molecule has 0 bridgehead atoms. The van der Waals surface area contributed by atoms with Crippen molar-refractivity contribution in [2.75, 3.05) is 19.6 Å². The summed E-state index contributed by atoms with van der Waals surface area (Å²) >= 11 is 0. The first kappa shape index (κ1) is 27.3. The van der Waals surface area contributed by atoms with E-state index in [0.29, 0.717) is 57.1 Å². The monoisotopic (exact) mass is 616 g/mol. The van der Waals surface area contributed by atoms with Gasteiger partial charge >= 0.3 is 0 Å². The summed E-state index contributed by atoms with van der Waals surface area (Å²) in [6.07, 6.45) is 5.65. The van der Waals surface area contributed by atoms with Gasteiger partial charge in [0.1, 0.15) is 0 Å². The number of benzene rings is 2. The van der Waals surface area contributed by atoms with Crippen molar-refractivity contribution in [2.24, 2.45) is 0 Å². The van der Waals surface area contributed by atoms with Crippen LogP contribution >= 0.6 is 0 Å². The molecule has 0 amide bonds. The van der Waals surface area contributed by atoms with Crippen molar-refractivity contribution >= 4 is 45.5 Å². The average molecular weight is 617 g/mol. The van der Waals surface area contributed by atoms with Crippen LogP contribution in [0.1, 0.15) is 0 Å².